The molecule has 0 aromatic heterocycles. The molecule has 158 valence electrons. The van der Waals surface area contributed by atoms with Crippen LogP contribution in [0.25, 0.3) is 5.57 Å². The highest BCUT2D eigenvalue weighted by molar-refractivity contribution is 8.03. The lowest BCUT2D eigenvalue weighted by Crippen LogP contribution is -2.38. The molecule has 5 rings (SSSR count). The highest BCUT2D eigenvalue weighted by Crippen LogP contribution is 2.70. The minimum atomic E-state index is -0.404. The maximum atomic E-state index is 12.7. The molecule has 0 aliphatic heterocycles. The largest absolute Gasteiger partial charge is 0.466 e. The smallest absolute Gasteiger partial charge is 0.334 e. The van der Waals surface area contributed by atoms with Crippen LogP contribution in [0.4, 0.5) is 0 Å². The molecule has 0 heterocycles. The zero-order valence-corrected chi connectivity index (χ0v) is 18.6. The third kappa shape index (κ3) is 3.06. The first-order chi connectivity index (χ1) is 15.0. The number of aryl methyl sites for hydroxylation is 1. The lowest BCUT2D eigenvalue weighted by molar-refractivity contribution is -0.140. The molecule has 2 aromatic carbocycles. The fourth-order valence-corrected chi connectivity index (χ4v) is 6.92. The number of esters is 2. The van der Waals surface area contributed by atoms with E-state index in [1.807, 2.05) is 18.2 Å². The van der Waals surface area contributed by atoms with Crippen molar-refractivity contribution < 1.29 is 19.1 Å². The standard InChI is InChI=1S/C26H24O4S/c1-14-9-11-16(12-10-14)31-24-19(15-7-5-4-6-8-15)20-17-13-18(21(20)24)23(26(28)30-3)22(17)25(27)29-2/h4-12,17-18,20-21H,13H2,1-3H3/t17-,18+,20-,21-/m1/s1. The number of carbonyl (C=O) groups is 2. The number of carbonyl (C=O) groups excluding carboxylic acids is 2. The van der Waals surface area contributed by atoms with E-state index in [0.717, 1.165) is 6.42 Å². The van der Waals surface area contributed by atoms with E-state index in [1.54, 1.807) is 11.8 Å². The van der Waals surface area contributed by atoms with E-state index in [-0.39, 0.29) is 23.7 Å². The van der Waals surface area contributed by atoms with Crippen molar-refractivity contribution in [3.05, 3.63) is 81.8 Å². The molecule has 5 heteroatoms. The van der Waals surface area contributed by atoms with Gasteiger partial charge in [0.15, 0.2) is 0 Å². The van der Waals surface area contributed by atoms with Crippen molar-refractivity contribution in [3.63, 3.8) is 0 Å². The molecule has 0 amide bonds. The van der Waals surface area contributed by atoms with Gasteiger partial charge >= 0.3 is 11.9 Å². The highest BCUT2D eigenvalue weighted by Gasteiger charge is 2.63. The molecule has 3 aliphatic rings. The second-order valence-electron chi connectivity index (χ2n) is 8.37. The first kappa shape index (κ1) is 20.1. The fourth-order valence-electron chi connectivity index (χ4n) is 5.59. The Balaban J connectivity index is 1.60. The van der Waals surface area contributed by atoms with Crippen LogP contribution in [0.2, 0.25) is 0 Å². The van der Waals surface area contributed by atoms with Crippen LogP contribution in [0.5, 0.6) is 0 Å². The average Bonchev–Trinajstić information content (AvgIpc) is 3.31. The van der Waals surface area contributed by atoms with Gasteiger partial charge < -0.3 is 9.47 Å². The molecule has 3 aliphatic carbocycles. The summed E-state index contributed by atoms with van der Waals surface area (Å²) in [5, 5.41) is 0. The number of ether oxygens (including phenoxy) is 2. The zero-order chi connectivity index (χ0) is 21.7. The Bertz CT molecular complexity index is 1110. The van der Waals surface area contributed by atoms with Crippen molar-refractivity contribution in [3.8, 4) is 0 Å². The highest BCUT2D eigenvalue weighted by atomic mass is 32.2. The van der Waals surface area contributed by atoms with Gasteiger partial charge in [-0.3, -0.25) is 0 Å². The SMILES string of the molecule is COC(=O)C1=C(C(=O)OC)[C@@H]2C[C@H]1[C@H]1C(Sc3ccc(C)cc3)=C(c3ccccc3)[C@H]12. The van der Waals surface area contributed by atoms with Crippen LogP contribution in [-0.2, 0) is 19.1 Å². The number of allylic oxidation sites excluding steroid dienone is 2. The predicted octanol–water partition coefficient (Wildman–Crippen LogP) is 5.04. The van der Waals surface area contributed by atoms with Crippen molar-refractivity contribution in [2.24, 2.45) is 23.7 Å². The molecule has 2 aromatic rings. The quantitative estimate of drug-likeness (QED) is 0.620. The molecule has 1 fully saturated rings. The summed E-state index contributed by atoms with van der Waals surface area (Å²) in [6.45, 7) is 2.08. The number of benzene rings is 2. The monoisotopic (exact) mass is 432 g/mol. The lowest BCUT2D eigenvalue weighted by Gasteiger charge is -2.45. The van der Waals surface area contributed by atoms with Gasteiger partial charge in [-0.25, -0.2) is 9.59 Å². The van der Waals surface area contributed by atoms with Crippen LogP contribution < -0.4 is 0 Å². The summed E-state index contributed by atoms with van der Waals surface area (Å²) in [6, 6.07) is 18.9. The third-order valence-electron chi connectivity index (χ3n) is 6.84. The van der Waals surface area contributed by atoms with Crippen molar-refractivity contribution in [1.29, 1.82) is 0 Å². The summed E-state index contributed by atoms with van der Waals surface area (Å²) in [4.78, 5) is 27.8. The molecule has 2 bridgehead atoms. The lowest BCUT2D eigenvalue weighted by atomic mass is 9.63. The second-order valence-corrected chi connectivity index (χ2v) is 9.49. The molecule has 0 saturated heterocycles. The van der Waals surface area contributed by atoms with Gasteiger partial charge in [0, 0.05) is 22.6 Å². The van der Waals surface area contributed by atoms with Gasteiger partial charge in [-0.05, 0) is 47.4 Å². The summed E-state index contributed by atoms with van der Waals surface area (Å²) in [5.41, 5.74) is 4.76. The Morgan fingerprint density at radius 3 is 2.00 bits per heavy atom. The van der Waals surface area contributed by atoms with E-state index in [4.69, 9.17) is 9.47 Å². The Labute approximate surface area is 186 Å². The van der Waals surface area contributed by atoms with Gasteiger partial charge in [0.1, 0.15) is 0 Å². The molecule has 1 saturated carbocycles. The molecular weight excluding hydrogens is 408 g/mol. The van der Waals surface area contributed by atoms with Gasteiger partial charge in [0.25, 0.3) is 0 Å². The zero-order valence-electron chi connectivity index (χ0n) is 17.8. The molecule has 0 unspecified atom stereocenters. The van der Waals surface area contributed by atoms with Crippen LogP contribution in [0.1, 0.15) is 17.5 Å². The van der Waals surface area contributed by atoms with E-state index in [0.29, 0.717) is 11.1 Å². The van der Waals surface area contributed by atoms with Crippen molar-refractivity contribution in [2.45, 2.75) is 18.2 Å². The maximum Gasteiger partial charge on any atom is 0.334 e. The number of methoxy groups -OCH3 is 2. The van der Waals surface area contributed by atoms with Crippen LogP contribution in [0.15, 0.2) is 75.5 Å². The summed E-state index contributed by atoms with van der Waals surface area (Å²) < 4.78 is 10.1. The van der Waals surface area contributed by atoms with E-state index >= 15 is 0 Å². The average molecular weight is 433 g/mol. The predicted molar refractivity (Wildman–Crippen MR) is 120 cm³/mol. The molecular formula is C26H24O4S. The van der Waals surface area contributed by atoms with Gasteiger partial charge in [-0.15, -0.1) is 0 Å². The number of hydrogen-bond acceptors (Lipinski definition) is 5. The molecule has 0 N–H and O–H groups in total. The van der Waals surface area contributed by atoms with Crippen molar-refractivity contribution in [1.82, 2.24) is 0 Å². The van der Waals surface area contributed by atoms with Gasteiger partial charge in [-0.1, -0.05) is 59.8 Å². The summed E-state index contributed by atoms with van der Waals surface area (Å²) >= 11 is 1.78. The van der Waals surface area contributed by atoms with E-state index < -0.39 is 11.9 Å². The third-order valence-corrected chi connectivity index (χ3v) is 8.06. The topological polar surface area (TPSA) is 52.6 Å². The maximum absolute atomic E-state index is 12.7. The van der Waals surface area contributed by atoms with E-state index in [9.17, 15) is 9.59 Å². The number of fused-ring (bicyclic) bond motifs is 5. The van der Waals surface area contributed by atoms with Crippen LogP contribution >= 0.6 is 11.8 Å². The molecule has 0 radical (unpaired) electrons. The minimum Gasteiger partial charge on any atom is -0.466 e. The van der Waals surface area contributed by atoms with Gasteiger partial charge in [-0.2, -0.15) is 0 Å². The fraction of sp³-hybridized carbons (Fsp3) is 0.308. The molecule has 4 nitrogen and oxygen atoms in total. The van der Waals surface area contributed by atoms with Crippen LogP contribution in [0.3, 0.4) is 0 Å². The van der Waals surface area contributed by atoms with Crippen molar-refractivity contribution in [2.75, 3.05) is 14.2 Å². The van der Waals surface area contributed by atoms with Crippen LogP contribution in [0, 0.1) is 30.6 Å². The Kier molecular flexibility index (Phi) is 5.01. The first-order valence-electron chi connectivity index (χ1n) is 10.5. The minimum absolute atomic E-state index is 0.00281. The Hall–Kier alpha value is -2.79. The van der Waals surface area contributed by atoms with Crippen LogP contribution in [-0.4, -0.2) is 26.2 Å². The number of thioether (sulfide) groups is 1. The molecule has 31 heavy (non-hydrogen) atoms. The number of rotatable bonds is 5. The molecule has 0 spiro atoms. The summed E-state index contributed by atoms with van der Waals surface area (Å²) in [5.74, 6) is -0.361. The first-order valence-corrected chi connectivity index (χ1v) is 11.3. The van der Waals surface area contributed by atoms with Gasteiger partial charge in [0.2, 0.25) is 0 Å². The molecule has 4 atom stereocenters. The van der Waals surface area contributed by atoms with E-state index in [1.165, 1.54) is 40.7 Å². The van der Waals surface area contributed by atoms with Crippen molar-refractivity contribution >= 4 is 29.3 Å². The Morgan fingerprint density at radius 1 is 0.839 bits per heavy atom. The summed E-state index contributed by atoms with van der Waals surface area (Å²) in [6.07, 6.45) is 0.790. The van der Waals surface area contributed by atoms with Gasteiger partial charge in [0.05, 0.1) is 25.4 Å². The normalized spacial score (nSPS) is 25.9. The van der Waals surface area contributed by atoms with E-state index in [2.05, 4.69) is 43.3 Å². The number of hydrogen-bond donors (Lipinski definition) is 0. The Morgan fingerprint density at radius 2 is 1.42 bits per heavy atom. The summed E-state index contributed by atoms with van der Waals surface area (Å²) in [7, 11) is 2.75. The second kappa shape index (κ2) is 7.72.